The van der Waals surface area contributed by atoms with Crippen molar-refractivity contribution < 1.29 is 8.97 Å². The van der Waals surface area contributed by atoms with Gasteiger partial charge in [-0.15, -0.1) is 20.4 Å². The highest BCUT2D eigenvalue weighted by molar-refractivity contribution is 6.44. The number of hydrogen-bond acceptors (Lipinski definition) is 6. The number of nitrogens with zero attached hydrogens (tertiary/aromatic N) is 6. The number of aryl methyl sites for hydroxylation is 3. The van der Waals surface area contributed by atoms with Crippen molar-refractivity contribution in [3.05, 3.63) is 75.9 Å². The summed E-state index contributed by atoms with van der Waals surface area (Å²) in [6, 6.07) is 9.50. The van der Waals surface area contributed by atoms with Crippen LogP contribution in [0.15, 0.2) is 52.5 Å². The monoisotopic (exact) mass is 474 g/mol. The second-order valence-electron chi connectivity index (χ2n) is 8.80. The minimum absolute atomic E-state index is 0.0936. The van der Waals surface area contributed by atoms with Crippen LogP contribution in [0.3, 0.4) is 0 Å². The van der Waals surface area contributed by atoms with E-state index in [4.69, 9.17) is 4.65 Å². The van der Waals surface area contributed by atoms with Gasteiger partial charge in [-0.1, -0.05) is 24.3 Å². The van der Waals surface area contributed by atoms with Crippen LogP contribution in [0.2, 0.25) is 0 Å². The Morgan fingerprint density at radius 3 is 2.23 bits per heavy atom. The molecule has 0 bridgehead atoms. The van der Waals surface area contributed by atoms with Crippen LogP contribution in [-0.4, -0.2) is 38.0 Å². The molecule has 3 aromatic rings. The molecule has 3 rings (SSSR count). The highest BCUT2D eigenvalue weighted by atomic mass is 19.1. The van der Waals surface area contributed by atoms with Gasteiger partial charge in [-0.05, 0) is 88.5 Å². The van der Waals surface area contributed by atoms with Gasteiger partial charge in [0.05, 0.1) is 6.61 Å². The summed E-state index contributed by atoms with van der Waals surface area (Å²) in [6.07, 6.45) is 1.89. The van der Waals surface area contributed by atoms with Gasteiger partial charge in [0.15, 0.2) is 5.82 Å². The second kappa shape index (κ2) is 11.3. The van der Waals surface area contributed by atoms with E-state index in [1.807, 2.05) is 37.3 Å². The number of halogens is 1. The summed E-state index contributed by atoms with van der Waals surface area (Å²) in [5, 5.41) is 15.8. The number of benzene rings is 1. The SMILES string of the molecule is CC(/C=C(C)\C(C)=C(/C)c1c(C)cc(C)n1C)=NB(F)OCc1ccc(-c2nnc(C)nn2)cc1. The lowest BCUT2D eigenvalue weighted by Gasteiger charge is -2.12. The summed E-state index contributed by atoms with van der Waals surface area (Å²) in [6.45, 7) is 14.0. The first kappa shape index (κ1) is 26.2. The van der Waals surface area contributed by atoms with Crippen molar-refractivity contribution in [2.24, 2.45) is 12.0 Å². The minimum Gasteiger partial charge on any atom is -0.383 e. The summed E-state index contributed by atoms with van der Waals surface area (Å²) >= 11 is 0. The molecule has 9 heteroatoms. The molecule has 2 heterocycles. The summed E-state index contributed by atoms with van der Waals surface area (Å²) in [5.74, 6) is 0.946. The summed E-state index contributed by atoms with van der Waals surface area (Å²) in [7, 11) is 0.319. The van der Waals surface area contributed by atoms with Gasteiger partial charge < -0.3 is 9.22 Å². The molecule has 0 saturated carbocycles. The van der Waals surface area contributed by atoms with Crippen molar-refractivity contribution in [2.45, 2.75) is 55.1 Å². The van der Waals surface area contributed by atoms with E-state index in [2.05, 4.69) is 70.7 Å². The second-order valence-corrected chi connectivity index (χ2v) is 8.80. The van der Waals surface area contributed by atoms with Gasteiger partial charge in [0.2, 0.25) is 5.82 Å². The molecule has 1 aromatic carbocycles. The largest absolute Gasteiger partial charge is 0.652 e. The molecule has 0 unspecified atom stereocenters. The van der Waals surface area contributed by atoms with Gasteiger partial charge in [-0.3, -0.25) is 9.22 Å². The van der Waals surface area contributed by atoms with Gasteiger partial charge in [0, 0.05) is 29.7 Å². The maximum absolute atomic E-state index is 14.4. The van der Waals surface area contributed by atoms with Crippen LogP contribution in [0, 0.1) is 20.8 Å². The average Bonchev–Trinajstić information content (AvgIpc) is 3.08. The zero-order valence-corrected chi connectivity index (χ0v) is 21.7. The van der Waals surface area contributed by atoms with Crippen LogP contribution in [0.5, 0.6) is 0 Å². The van der Waals surface area contributed by atoms with Gasteiger partial charge in [0.1, 0.15) is 0 Å². The Labute approximate surface area is 207 Å². The van der Waals surface area contributed by atoms with E-state index in [0.29, 0.717) is 17.4 Å². The fourth-order valence-electron chi connectivity index (χ4n) is 3.91. The van der Waals surface area contributed by atoms with Crippen molar-refractivity contribution in [2.75, 3.05) is 0 Å². The van der Waals surface area contributed by atoms with Crippen LogP contribution in [0.4, 0.5) is 4.32 Å². The van der Waals surface area contributed by atoms with Crippen LogP contribution >= 0.6 is 0 Å². The highest BCUT2D eigenvalue weighted by Crippen LogP contribution is 2.27. The predicted molar refractivity (Wildman–Crippen MR) is 139 cm³/mol. The number of rotatable bonds is 8. The molecule has 0 fully saturated rings. The Balaban J connectivity index is 1.63. The van der Waals surface area contributed by atoms with Crippen LogP contribution in [0.1, 0.15) is 56.0 Å². The van der Waals surface area contributed by atoms with Gasteiger partial charge in [-0.2, -0.15) is 0 Å². The maximum Gasteiger partial charge on any atom is 0.652 e. The predicted octanol–water partition coefficient (Wildman–Crippen LogP) is 5.57. The van der Waals surface area contributed by atoms with Crippen LogP contribution in [-0.2, 0) is 18.3 Å². The third-order valence-corrected chi connectivity index (χ3v) is 6.08. The quantitative estimate of drug-likeness (QED) is 0.242. The molecule has 0 aliphatic rings. The van der Waals surface area contributed by atoms with Crippen molar-refractivity contribution in [3.63, 3.8) is 0 Å². The van der Waals surface area contributed by atoms with E-state index < -0.39 is 7.33 Å². The number of allylic oxidation sites excluding steroid dienone is 4. The molecule has 0 atom stereocenters. The fourth-order valence-corrected chi connectivity index (χ4v) is 3.91. The fraction of sp³-hybridized carbons (Fsp3) is 0.346. The van der Waals surface area contributed by atoms with Gasteiger partial charge in [0.25, 0.3) is 0 Å². The molecule has 0 amide bonds. The topological polar surface area (TPSA) is 78.1 Å². The van der Waals surface area contributed by atoms with E-state index in [0.717, 1.165) is 22.3 Å². The molecule has 0 spiro atoms. The van der Waals surface area contributed by atoms with E-state index >= 15 is 0 Å². The first-order valence-electron chi connectivity index (χ1n) is 11.5. The standard InChI is InChI=1S/C26H32BFN6O/c1-16(20(5)21(6)25-17(2)14-19(4)34(25)8)13-18(3)29-27(28)35-15-23-9-11-24(12-10-23)26-32-30-22(7)31-33-26/h9-14H,15H2,1-8H3/b16-13-,21-20+,29-18?. The average molecular weight is 474 g/mol. The van der Waals surface area contributed by atoms with Crippen molar-refractivity contribution in [1.29, 1.82) is 0 Å². The molecule has 2 aromatic heterocycles. The molecular formula is C26H32BFN6O. The Morgan fingerprint density at radius 1 is 1.03 bits per heavy atom. The zero-order chi connectivity index (χ0) is 25.7. The highest BCUT2D eigenvalue weighted by Gasteiger charge is 2.16. The molecule has 182 valence electrons. The Kier molecular flexibility index (Phi) is 8.45. The summed E-state index contributed by atoms with van der Waals surface area (Å²) in [5.41, 5.74) is 9.19. The maximum atomic E-state index is 14.4. The number of hydrogen-bond donors (Lipinski definition) is 0. The molecule has 0 aliphatic heterocycles. The molecular weight excluding hydrogens is 442 g/mol. The normalized spacial score (nSPS) is 13.2. The summed E-state index contributed by atoms with van der Waals surface area (Å²) < 4.78 is 21.9. The Morgan fingerprint density at radius 2 is 1.66 bits per heavy atom. The third kappa shape index (κ3) is 6.57. The van der Waals surface area contributed by atoms with E-state index in [1.165, 1.54) is 22.5 Å². The van der Waals surface area contributed by atoms with E-state index in [-0.39, 0.29) is 6.61 Å². The molecule has 7 nitrogen and oxygen atoms in total. The molecule has 0 N–H and O–H groups in total. The van der Waals surface area contributed by atoms with Crippen LogP contribution in [0.25, 0.3) is 17.0 Å². The Hall–Kier alpha value is -3.46. The lowest BCUT2D eigenvalue weighted by atomic mass is 9.98. The lowest BCUT2D eigenvalue weighted by Crippen LogP contribution is -2.11. The smallest absolute Gasteiger partial charge is 0.383 e. The van der Waals surface area contributed by atoms with Gasteiger partial charge >= 0.3 is 7.33 Å². The number of aromatic nitrogens is 5. The zero-order valence-electron chi connectivity index (χ0n) is 21.7. The van der Waals surface area contributed by atoms with Crippen molar-refractivity contribution >= 4 is 18.6 Å². The molecule has 0 saturated heterocycles. The molecule has 0 radical (unpaired) electrons. The first-order chi connectivity index (χ1) is 16.6. The summed E-state index contributed by atoms with van der Waals surface area (Å²) in [4.78, 5) is 4.05. The molecule has 0 aliphatic carbocycles. The van der Waals surface area contributed by atoms with Gasteiger partial charge in [-0.25, -0.2) is 0 Å². The van der Waals surface area contributed by atoms with E-state index in [9.17, 15) is 4.32 Å². The van der Waals surface area contributed by atoms with E-state index in [1.54, 1.807) is 13.8 Å². The first-order valence-corrected chi connectivity index (χ1v) is 11.5. The third-order valence-electron chi connectivity index (χ3n) is 6.08. The van der Waals surface area contributed by atoms with Crippen LogP contribution < -0.4 is 0 Å². The van der Waals surface area contributed by atoms with Crippen molar-refractivity contribution in [3.8, 4) is 11.4 Å². The lowest BCUT2D eigenvalue weighted by molar-refractivity contribution is 0.279. The molecule has 35 heavy (non-hydrogen) atoms. The van der Waals surface area contributed by atoms with Crippen molar-refractivity contribution in [1.82, 2.24) is 25.0 Å². The Bertz CT molecular complexity index is 1280. The minimum atomic E-state index is -1.75.